The van der Waals surface area contributed by atoms with Crippen molar-refractivity contribution in [3.05, 3.63) is 33.4 Å². The van der Waals surface area contributed by atoms with E-state index in [1.807, 2.05) is 12.3 Å². The van der Waals surface area contributed by atoms with Crippen LogP contribution < -0.4 is 0 Å². The fourth-order valence-corrected chi connectivity index (χ4v) is 1.77. The van der Waals surface area contributed by atoms with Crippen molar-refractivity contribution in [1.82, 2.24) is 0 Å². The van der Waals surface area contributed by atoms with E-state index < -0.39 is 0 Å². The van der Waals surface area contributed by atoms with E-state index in [4.69, 9.17) is 4.84 Å². The molecule has 1 unspecified atom stereocenters. The summed E-state index contributed by atoms with van der Waals surface area (Å²) in [6.45, 7) is 0. The first-order valence-corrected chi connectivity index (χ1v) is 4.87. The van der Waals surface area contributed by atoms with Gasteiger partial charge in [0, 0.05) is 16.2 Å². The predicted octanol–water partition coefficient (Wildman–Crippen LogP) is 2.74. The minimum Gasteiger partial charge on any atom is -0.388 e. The summed E-state index contributed by atoms with van der Waals surface area (Å²) in [5, 5.41) is 3.74. The fraction of sp³-hybridized carbons (Fsp3) is 0.222. The van der Waals surface area contributed by atoms with Crippen LogP contribution in [0.25, 0.3) is 0 Å². The van der Waals surface area contributed by atoms with Crippen molar-refractivity contribution >= 4 is 28.8 Å². The van der Waals surface area contributed by atoms with E-state index in [0.717, 1.165) is 6.42 Å². The van der Waals surface area contributed by atoms with Gasteiger partial charge in [0.2, 0.25) is 0 Å². The molecule has 0 amide bonds. The van der Waals surface area contributed by atoms with E-state index in [-0.39, 0.29) is 6.10 Å². The highest BCUT2D eigenvalue weighted by molar-refractivity contribution is 14.1. The van der Waals surface area contributed by atoms with Crippen LogP contribution in [-0.2, 0) is 4.84 Å². The van der Waals surface area contributed by atoms with Crippen LogP contribution in [0.5, 0.6) is 0 Å². The molecule has 2 rings (SSSR count). The first kappa shape index (κ1) is 8.04. The summed E-state index contributed by atoms with van der Waals surface area (Å²) in [6.07, 6.45) is 2.84. The van der Waals surface area contributed by atoms with Gasteiger partial charge in [0.05, 0.1) is 0 Å². The van der Waals surface area contributed by atoms with Crippen LogP contribution in [0.4, 0.5) is 0 Å². The summed E-state index contributed by atoms with van der Waals surface area (Å²) < 4.78 is 1.24. The van der Waals surface area contributed by atoms with Gasteiger partial charge < -0.3 is 4.84 Å². The number of oxime groups is 1. The second-order valence-corrected chi connectivity index (χ2v) is 3.92. The smallest absolute Gasteiger partial charge is 0.157 e. The zero-order valence-corrected chi connectivity index (χ0v) is 8.56. The molecule has 1 aromatic carbocycles. The molecule has 0 aromatic heterocycles. The topological polar surface area (TPSA) is 21.6 Å². The van der Waals surface area contributed by atoms with Crippen LogP contribution in [0.15, 0.2) is 29.4 Å². The molecule has 0 fully saturated rings. The average molecular weight is 273 g/mol. The van der Waals surface area contributed by atoms with Gasteiger partial charge in [-0.05, 0) is 40.3 Å². The Labute approximate surface area is 84.7 Å². The van der Waals surface area contributed by atoms with E-state index in [0.29, 0.717) is 0 Å². The molecule has 0 spiro atoms. The van der Waals surface area contributed by atoms with Gasteiger partial charge in [-0.1, -0.05) is 17.3 Å². The molecule has 0 saturated carbocycles. The van der Waals surface area contributed by atoms with Gasteiger partial charge in [-0.2, -0.15) is 0 Å². The van der Waals surface area contributed by atoms with Crippen LogP contribution in [0, 0.1) is 3.57 Å². The first-order chi connectivity index (χ1) is 5.86. The Hall–Kier alpha value is -0.580. The van der Waals surface area contributed by atoms with Gasteiger partial charge in [-0.15, -0.1) is 0 Å². The molecule has 0 saturated heterocycles. The molecular formula is C9H8INO. The summed E-state index contributed by atoms with van der Waals surface area (Å²) in [4.78, 5) is 5.16. The monoisotopic (exact) mass is 273 g/mol. The fourth-order valence-electron chi connectivity index (χ4n) is 1.20. The standard InChI is InChI=1S/C9H8INO/c10-8-3-1-2-7(6-8)9-4-5-11-12-9/h1-3,5-6,9H,4H2. The molecule has 0 bridgehead atoms. The van der Waals surface area contributed by atoms with Gasteiger partial charge in [0.15, 0.2) is 6.10 Å². The Bertz CT molecular complexity index is 303. The lowest BCUT2D eigenvalue weighted by atomic mass is 10.1. The Morgan fingerprint density at radius 2 is 2.42 bits per heavy atom. The van der Waals surface area contributed by atoms with Crippen molar-refractivity contribution in [2.75, 3.05) is 0 Å². The van der Waals surface area contributed by atoms with Crippen molar-refractivity contribution in [1.29, 1.82) is 0 Å². The second-order valence-electron chi connectivity index (χ2n) is 2.67. The van der Waals surface area contributed by atoms with Gasteiger partial charge in [-0.3, -0.25) is 0 Å². The Morgan fingerprint density at radius 1 is 1.50 bits per heavy atom. The summed E-state index contributed by atoms with van der Waals surface area (Å²) >= 11 is 2.30. The van der Waals surface area contributed by atoms with E-state index in [9.17, 15) is 0 Å². The van der Waals surface area contributed by atoms with E-state index in [1.165, 1.54) is 9.13 Å². The minimum absolute atomic E-state index is 0.139. The summed E-state index contributed by atoms with van der Waals surface area (Å²) in [5.74, 6) is 0. The third kappa shape index (κ3) is 1.60. The van der Waals surface area contributed by atoms with Crippen LogP contribution in [-0.4, -0.2) is 6.21 Å². The number of benzene rings is 1. The lowest BCUT2D eigenvalue weighted by molar-refractivity contribution is 0.0857. The van der Waals surface area contributed by atoms with Crippen LogP contribution in [0.1, 0.15) is 18.1 Å². The van der Waals surface area contributed by atoms with Crippen molar-refractivity contribution < 1.29 is 4.84 Å². The van der Waals surface area contributed by atoms with Gasteiger partial charge in [0.1, 0.15) is 0 Å². The lowest BCUT2D eigenvalue weighted by Crippen LogP contribution is -1.95. The Balaban J connectivity index is 2.22. The van der Waals surface area contributed by atoms with E-state index >= 15 is 0 Å². The molecule has 1 aliphatic rings. The quantitative estimate of drug-likeness (QED) is 0.721. The number of hydrogen-bond donors (Lipinski definition) is 0. The molecule has 1 aromatic rings. The summed E-state index contributed by atoms with van der Waals surface area (Å²) in [7, 11) is 0. The second kappa shape index (κ2) is 3.43. The molecule has 3 heteroatoms. The van der Waals surface area contributed by atoms with Gasteiger partial charge in [-0.25, -0.2) is 0 Å². The highest BCUT2D eigenvalue weighted by atomic mass is 127. The third-order valence-electron chi connectivity index (χ3n) is 1.80. The molecule has 1 atom stereocenters. The molecule has 12 heavy (non-hydrogen) atoms. The SMILES string of the molecule is Ic1cccc(C2CC=NO2)c1. The maximum absolute atomic E-state index is 5.16. The lowest BCUT2D eigenvalue weighted by Gasteiger charge is -2.07. The highest BCUT2D eigenvalue weighted by Gasteiger charge is 2.15. The highest BCUT2D eigenvalue weighted by Crippen LogP contribution is 2.25. The van der Waals surface area contributed by atoms with Crippen molar-refractivity contribution in [3.8, 4) is 0 Å². The molecule has 62 valence electrons. The van der Waals surface area contributed by atoms with Crippen molar-refractivity contribution in [2.45, 2.75) is 12.5 Å². The van der Waals surface area contributed by atoms with E-state index in [1.54, 1.807) is 0 Å². The van der Waals surface area contributed by atoms with Crippen LogP contribution in [0.2, 0.25) is 0 Å². The van der Waals surface area contributed by atoms with Crippen LogP contribution in [0.3, 0.4) is 0 Å². The summed E-state index contributed by atoms with van der Waals surface area (Å²) in [6, 6.07) is 8.31. The van der Waals surface area contributed by atoms with Gasteiger partial charge in [0.25, 0.3) is 0 Å². The molecule has 0 N–H and O–H groups in total. The first-order valence-electron chi connectivity index (χ1n) is 3.79. The Kier molecular flexibility index (Phi) is 2.30. The zero-order chi connectivity index (χ0) is 8.39. The minimum atomic E-state index is 0.139. The van der Waals surface area contributed by atoms with Crippen molar-refractivity contribution in [2.24, 2.45) is 5.16 Å². The zero-order valence-electron chi connectivity index (χ0n) is 6.40. The molecule has 1 heterocycles. The maximum Gasteiger partial charge on any atom is 0.157 e. The van der Waals surface area contributed by atoms with Crippen LogP contribution >= 0.6 is 22.6 Å². The predicted molar refractivity (Wildman–Crippen MR) is 56.1 cm³/mol. The molecule has 2 nitrogen and oxygen atoms in total. The number of halogens is 1. The molecular weight excluding hydrogens is 265 g/mol. The molecule has 1 aliphatic heterocycles. The maximum atomic E-state index is 5.16. The van der Waals surface area contributed by atoms with Crippen molar-refractivity contribution in [3.63, 3.8) is 0 Å². The number of rotatable bonds is 1. The third-order valence-corrected chi connectivity index (χ3v) is 2.47. The summed E-state index contributed by atoms with van der Waals surface area (Å²) in [5.41, 5.74) is 1.21. The number of nitrogens with zero attached hydrogens (tertiary/aromatic N) is 1. The van der Waals surface area contributed by atoms with Gasteiger partial charge >= 0.3 is 0 Å². The Morgan fingerprint density at radius 3 is 3.08 bits per heavy atom. The largest absolute Gasteiger partial charge is 0.388 e. The molecule has 0 radical (unpaired) electrons. The average Bonchev–Trinajstić information content (AvgIpc) is 2.56. The normalized spacial score (nSPS) is 20.9. The number of hydrogen-bond acceptors (Lipinski definition) is 2. The molecule has 0 aliphatic carbocycles. The van der Waals surface area contributed by atoms with E-state index in [2.05, 4.69) is 45.9 Å².